The fraction of sp³-hybridized carbons (Fsp3) is 0.263. The molecule has 0 aliphatic rings. The molecule has 0 unspecified atom stereocenters. The first-order chi connectivity index (χ1) is 12.9. The molecule has 0 spiro atoms. The van der Waals surface area contributed by atoms with E-state index in [1.807, 2.05) is 0 Å². The fourth-order valence-corrected chi connectivity index (χ4v) is 2.49. The summed E-state index contributed by atoms with van der Waals surface area (Å²) in [6, 6.07) is 11.1. The smallest absolute Gasteiger partial charge is 0.335 e. The van der Waals surface area contributed by atoms with Gasteiger partial charge in [0.2, 0.25) is 5.91 Å². The molecule has 0 bridgehead atoms. The largest absolute Gasteiger partial charge is 0.478 e. The molecule has 1 amide bonds. The normalized spacial score (nSPS) is 10.3. The van der Waals surface area contributed by atoms with Crippen LogP contribution in [0.2, 0.25) is 0 Å². The number of hydrogen-bond donors (Lipinski definition) is 3. The minimum absolute atomic E-state index is 0.0313. The van der Waals surface area contributed by atoms with E-state index in [9.17, 15) is 19.7 Å². The molecule has 0 saturated carbocycles. The average Bonchev–Trinajstić information content (AvgIpc) is 2.62. The molecule has 8 heteroatoms. The van der Waals surface area contributed by atoms with E-state index in [1.54, 1.807) is 31.2 Å². The highest BCUT2D eigenvalue weighted by Crippen LogP contribution is 2.25. The maximum atomic E-state index is 11.9. The maximum Gasteiger partial charge on any atom is 0.335 e. The van der Waals surface area contributed by atoms with Crippen LogP contribution in [0.4, 0.5) is 11.4 Å². The van der Waals surface area contributed by atoms with Gasteiger partial charge in [-0.15, -0.1) is 0 Å². The van der Waals surface area contributed by atoms with Crippen LogP contribution in [-0.4, -0.2) is 35.0 Å². The van der Waals surface area contributed by atoms with Crippen LogP contribution in [0.5, 0.6) is 0 Å². The van der Waals surface area contributed by atoms with Crippen molar-refractivity contribution in [3.8, 4) is 0 Å². The molecule has 0 aliphatic heterocycles. The Morgan fingerprint density at radius 3 is 2.44 bits per heavy atom. The van der Waals surface area contributed by atoms with E-state index in [-0.39, 0.29) is 23.6 Å². The van der Waals surface area contributed by atoms with Crippen molar-refractivity contribution in [2.45, 2.75) is 19.8 Å². The second-order valence-corrected chi connectivity index (χ2v) is 6.09. The lowest BCUT2D eigenvalue weighted by atomic mass is 10.1. The molecule has 0 aromatic heterocycles. The molecule has 2 rings (SSSR count). The standard InChI is InChI=1S/C19H21N3O5/c1-13-3-8-16(17(11-13)22(26)27)20-9-2-10-21-18(23)12-14-4-6-15(7-5-14)19(24)25/h3-8,11,20H,2,9-10,12H2,1H3,(H,21,23)(H,24,25). The molecule has 2 aromatic carbocycles. The van der Waals surface area contributed by atoms with Crippen LogP contribution in [-0.2, 0) is 11.2 Å². The van der Waals surface area contributed by atoms with Gasteiger partial charge in [-0.05, 0) is 42.7 Å². The second kappa shape index (κ2) is 9.33. The van der Waals surface area contributed by atoms with E-state index in [0.717, 1.165) is 11.1 Å². The number of nitrogens with one attached hydrogen (secondary N) is 2. The van der Waals surface area contributed by atoms with E-state index in [0.29, 0.717) is 25.2 Å². The summed E-state index contributed by atoms with van der Waals surface area (Å²) in [7, 11) is 0. The quantitative estimate of drug-likeness (QED) is 0.354. The predicted molar refractivity (Wildman–Crippen MR) is 101 cm³/mol. The molecular formula is C19H21N3O5. The number of carbonyl (C=O) groups excluding carboxylic acids is 1. The molecule has 3 N–H and O–H groups in total. The number of nitro groups is 1. The summed E-state index contributed by atoms with van der Waals surface area (Å²) in [5, 5.41) is 25.7. The van der Waals surface area contributed by atoms with Crippen LogP contribution in [0.25, 0.3) is 0 Å². The van der Waals surface area contributed by atoms with Crippen molar-refractivity contribution >= 4 is 23.3 Å². The molecule has 27 heavy (non-hydrogen) atoms. The van der Waals surface area contributed by atoms with Gasteiger partial charge in [0.05, 0.1) is 16.9 Å². The minimum Gasteiger partial charge on any atom is -0.478 e. The van der Waals surface area contributed by atoms with Gasteiger partial charge in [0.1, 0.15) is 5.69 Å². The number of aromatic carboxylic acids is 1. The minimum atomic E-state index is -1.01. The topological polar surface area (TPSA) is 122 Å². The third-order valence-corrected chi connectivity index (χ3v) is 3.91. The van der Waals surface area contributed by atoms with Crippen LogP contribution in [0.15, 0.2) is 42.5 Å². The zero-order valence-corrected chi connectivity index (χ0v) is 14.9. The molecule has 0 radical (unpaired) electrons. The zero-order chi connectivity index (χ0) is 19.8. The molecule has 0 atom stereocenters. The van der Waals surface area contributed by atoms with Crippen LogP contribution >= 0.6 is 0 Å². The number of amides is 1. The highest BCUT2D eigenvalue weighted by atomic mass is 16.6. The summed E-state index contributed by atoms with van der Waals surface area (Å²) in [6.45, 7) is 2.71. The van der Waals surface area contributed by atoms with E-state index in [4.69, 9.17) is 5.11 Å². The Kier molecular flexibility index (Phi) is 6.87. The van der Waals surface area contributed by atoms with Gasteiger partial charge in [-0.3, -0.25) is 14.9 Å². The summed E-state index contributed by atoms with van der Waals surface area (Å²) in [5.41, 5.74) is 2.21. The van der Waals surface area contributed by atoms with E-state index in [2.05, 4.69) is 10.6 Å². The number of rotatable bonds is 9. The fourth-order valence-electron chi connectivity index (χ4n) is 2.49. The van der Waals surface area contributed by atoms with Gasteiger partial charge in [-0.1, -0.05) is 18.2 Å². The van der Waals surface area contributed by atoms with Crippen LogP contribution in [0, 0.1) is 17.0 Å². The number of carboxylic acid groups (broad SMARTS) is 1. The van der Waals surface area contributed by atoms with Crippen molar-refractivity contribution in [1.29, 1.82) is 0 Å². The summed E-state index contributed by atoms with van der Waals surface area (Å²) in [6.07, 6.45) is 0.769. The van der Waals surface area contributed by atoms with Gasteiger partial charge in [-0.2, -0.15) is 0 Å². The Hall–Kier alpha value is -3.42. The molecule has 142 valence electrons. The Bertz CT molecular complexity index is 834. The van der Waals surface area contributed by atoms with Crippen molar-refractivity contribution in [2.75, 3.05) is 18.4 Å². The number of aryl methyl sites for hydroxylation is 1. The first kappa shape index (κ1) is 19.9. The zero-order valence-electron chi connectivity index (χ0n) is 14.9. The first-order valence-corrected chi connectivity index (χ1v) is 8.44. The van der Waals surface area contributed by atoms with E-state index < -0.39 is 10.9 Å². The Morgan fingerprint density at radius 2 is 1.81 bits per heavy atom. The monoisotopic (exact) mass is 371 g/mol. The Labute approximate surface area is 156 Å². The number of benzene rings is 2. The number of hydrogen-bond acceptors (Lipinski definition) is 5. The predicted octanol–water partition coefficient (Wildman–Crippen LogP) is 2.76. The summed E-state index contributed by atoms with van der Waals surface area (Å²) in [5.74, 6) is -1.17. The molecule has 8 nitrogen and oxygen atoms in total. The molecule has 0 fully saturated rings. The van der Waals surface area contributed by atoms with Crippen molar-refractivity contribution < 1.29 is 19.6 Å². The Balaban J connectivity index is 1.73. The summed E-state index contributed by atoms with van der Waals surface area (Å²) >= 11 is 0. The molecular weight excluding hydrogens is 350 g/mol. The molecule has 0 aliphatic carbocycles. The SMILES string of the molecule is Cc1ccc(NCCCNC(=O)Cc2ccc(C(=O)O)cc2)c([N+](=O)[O-])c1. The lowest BCUT2D eigenvalue weighted by molar-refractivity contribution is -0.384. The Morgan fingerprint density at radius 1 is 1.11 bits per heavy atom. The van der Waals surface area contributed by atoms with Crippen molar-refractivity contribution in [3.63, 3.8) is 0 Å². The van der Waals surface area contributed by atoms with E-state index >= 15 is 0 Å². The first-order valence-electron chi connectivity index (χ1n) is 8.44. The van der Waals surface area contributed by atoms with E-state index in [1.165, 1.54) is 18.2 Å². The number of nitrogens with zero attached hydrogens (tertiary/aromatic N) is 1. The second-order valence-electron chi connectivity index (χ2n) is 6.09. The molecule has 0 heterocycles. The number of carbonyl (C=O) groups is 2. The van der Waals surface area contributed by atoms with Gasteiger partial charge in [0.15, 0.2) is 0 Å². The van der Waals surface area contributed by atoms with Gasteiger partial charge in [-0.25, -0.2) is 4.79 Å². The van der Waals surface area contributed by atoms with Crippen LogP contribution < -0.4 is 10.6 Å². The van der Waals surface area contributed by atoms with Crippen molar-refractivity contribution in [2.24, 2.45) is 0 Å². The van der Waals surface area contributed by atoms with Gasteiger partial charge in [0.25, 0.3) is 5.69 Å². The van der Waals surface area contributed by atoms with Crippen molar-refractivity contribution in [1.82, 2.24) is 5.32 Å². The number of anilines is 1. The maximum absolute atomic E-state index is 11.9. The van der Waals surface area contributed by atoms with Gasteiger partial charge >= 0.3 is 5.97 Å². The van der Waals surface area contributed by atoms with Gasteiger partial charge in [0, 0.05) is 19.2 Å². The van der Waals surface area contributed by atoms with Crippen molar-refractivity contribution in [3.05, 3.63) is 69.3 Å². The van der Waals surface area contributed by atoms with Gasteiger partial charge < -0.3 is 15.7 Å². The summed E-state index contributed by atoms with van der Waals surface area (Å²) < 4.78 is 0. The van der Waals surface area contributed by atoms with Crippen LogP contribution in [0.1, 0.15) is 27.9 Å². The third kappa shape index (κ3) is 6.10. The highest BCUT2D eigenvalue weighted by molar-refractivity contribution is 5.87. The number of nitro benzene ring substituents is 1. The average molecular weight is 371 g/mol. The third-order valence-electron chi connectivity index (χ3n) is 3.91. The number of carboxylic acids is 1. The molecule has 0 saturated heterocycles. The molecule has 2 aromatic rings. The lowest BCUT2D eigenvalue weighted by Gasteiger charge is -2.09. The highest BCUT2D eigenvalue weighted by Gasteiger charge is 2.13. The summed E-state index contributed by atoms with van der Waals surface area (Å²) in [4.78, 5) is 33.3. The lowest BCUT2D eigenvalue weighted by Crippen LogP contribution is -2.27. The van der Waals surface area contributed by atoms with Crippen LogP contribution in [0.3, 0.4) is 0 Å².